The second-order valence-electron chi connectivity index (χ2n) is 3.39. The van der Waals surface area contributed by atoms with Crippen LogP contribution in [0.25, 0.3) is 0 Å². The van der Waals surface area contributed by atoms with Crippen LogP contribution < -0.4 is 10.1 Å². The molecule has 0 radical (unpaired) electrons. The number of alkyl halides is 1. The summed E-state index contributed by atoms with van der Waals surface area (Å²) in [5.74, 6) is 0.140. The van der Waals surface area contributed by atoms with Crippen molar-refractivity contribution in [2.24, 2.45) is 0 Å². The van der Waals surface area contributed by atoms with Crippen LogP contribution in [0.3, 0.4) is 0 Å². The number of nitrogens with zero attached hydrogens (tertiary/aromatic N) is 1. The molecule has 0 fully saturated rings. The Balaban J connectivity index is 2.59. The molecule has 0 aromatic carbocycles. The zero-order chi connectivity index (χ0) is 12.0. The van der Waals surface area contributed by atoms with Crippen LogP contribution in [-0.2, 0) is 0 Å². The van der Waals surface area contributed by atoms with Crippen molar-refractivity contribution in [3.8, 4) is 5.88 Å². The van der Waals surface area contributed by atoms with Crippen molar-refractivity contribution in [3.63, 3.8) is 0 Å². The fraction of sp³-hybridized carbons (Fsp3) is 0.455. The third kappa shape index (κ3) is 3.70. The molecule has 1 atom stereocenters. The van der Waals surface area contributed by atoms with Gasteiger partial charge in [-0.05, 0) is 25.5 Å². The van der Waals surface area contributed by atoms with Gasteiger partial charge in [0.15, 0.2) is 0 Å². The summed E-state index contributed by atoms with van der Waals surface area (Å²) in [6.07, 6.45) is 2.31. The molecule has 1 aromatic rings. The van der Waals surface area contributed by atoms with Crippen LogP contribution in [0.5, 0.6) is 5.88 Å². The number of hydrogen-bond acceptors (Lipinski definition) is 3. The summed E-state index contributed by atoms with van der Waals surface area (Å²) in [4.78, 5) is 15.7. The maximum atomic E-state index is 11.7. The summed E-state index contributed by atoms with van der Waals surface area (Å²) in [7, 11) is 1.49. The summed E-state index contributed by atoms with van der Waals surface area (Å²) < 4.78 is 5.00. The molecule has 0 spiro atoms. The largest absolute Gasteiger partial charge is 0.480 e. The first-order chi connectivity index (χ1) is 7.65. The van der Waals surface area contributed by atoms with Crippen molar-refractivity contribution in [2.45, 2.75) is 18.7 Å². The van der Waals surface area contributed by atoms with Crippen LogP contribution in [0.2, 0.25) is 0 Å². The van der Waals surface area contributed by atoms with Gasteiger partial charge in [-0.1, -0.05) is 0 Å². The van der Waals surface area contributed by atoms with Crippen LogP contribution in [0.1, 0.15) is 23.7 Å². The molecule has 0 saturated carbocycles. The lowest BCUT2D eigenvalue weighted by atomic mass is 10.2. The topological polar surface area (TPSA) is 51.2 Å². The molecule has 5 heteroatoms. The van der Waals surface area contributed by atoms with Crippen LogP contribution in [0.15, 0.2) is 18.3 Å². The smallest absolute Gasteiger partial charge is 0.256 e. The van der Waals surface area contributed by atoms with Crippen molar-refractivity contribution in [1.29, 1.82) is 0 Å². The molecule has 0 aliphatic carbocycles. The highest BCUT2D eigenvalue weighted by Gasteiger charge is 2.11. The minimum atomic E-state index is -0.192. The van der Waals surface area contributed by atoms with Crippen LogP contribution in [0.4, 0.5) is 0 Å². The molecule has 0 saturated heterocycles. The van der Waals surface area contributed by atoms with Gasteiger partial charge in [0, 0.05) is 18.1 Å². The van der Waals surface area contributed by atoms with E-state index in [1.807, 2.05) is 6.92 Å². The van der Waals surface area contributed by atoms with Gasteiger partial charge in [0.05, 0.1) is 7.11 Å². The summed E-state index contributed by atoms with van der Waals surface area (Å²) in [6, 6.07) is 3.37. The molecule has 16 heavy (non-hydrogen) atoms. The number of ether oxygens (including phenoxy) is 1. The van der Waals surface area contributed by atoms with Gasteiger partial charge in [0.1, 0.15) is 5.56 Å². The van der Waals surface area contributed by atoms with E-state index in [4.69, 9.17) is 16.3 Å². The van der Waals surface area contributed by atoms with Gasteiger partial charge in [-0.3, -0.25) is 4.79 Å². The Kier molecular flexibility index (Phi) is 5.05. The molecular formula is C11H15ClN2O2. The Bertz CT molecular complexity index is 356. The number of pyridine rings is 1. The average Bonchev–Trinajstić information content (AvgIpc) is 2.28. The summed E-state index contributed by atoms with van der Waals surface area (Å²) >= 11 is 5.78. The Morgan fingerprint density at radius 2 is 2.44 bits per heavy atom. The Morgan fingerprint density at radius 3 is 3.06 bits per heavy atom. The van der Waals surface area contributed by atoms with Gasteiger partial charge in [-0.2, -0.15) is 0 Å². The molecule has 1 amide bonds. The van der Waals surface area contributed by atoms with Gasteiger partial charge in [-0.25, -0.2) is 4.98 Å². The van der Waals surface area contributed by atoms with E-state index in [0.717, 1.165) is 6.42 Å². The highest BCUT2D eigenvalue weighted by Crippen LogP contribution is 2.13. The predicted molar refractivity (Wildman–Crippen MR) is 63.1 cm³/mol. The van der Waals surface area contributed by atoms with Gasteiger partial charge < -0.3 is 10.1 Å². The van der Waals surface area contributed by atoms with Gasteiger partial charge >= 0.3 is 0 Å². The zero-order valence-electron chi connectivity index (χ0n) is 9.37. The van der Waals surface area contributed by atoms with Gasteiger partial charge in [0.25, 0.3) is 5.91 Å². The monoisotopic (exact) mass is 242 g/mol. The van der Waals surface area contributed by atoms with E-state index in [1.54, 1.807) is 18.3 Å². The maximum Gasteiger partial charge on any atom is 0.256 e. The fourth-order valence-electron chi connectivity index (χ4n) is 1.21. The highest BCUT2D eigenvalue weighted by molar-refractivity contribution is 6.20. The van der Waals surface area contributed by atoms with Gasteiger partial charge in [-0.15, -0.1) is 11.6 Å². The Hall–Kier alpha value is -1.29. The van der Waals surface area contributed by atoms with E-state index in [1.165, 1.54) is 7.11 Å². The summed E-state index contributed by atoms with van der Waals surface area (Å²) in [6.45, 7) is 2.43. The fourth-order valence-corrected chi connectivity index (χ4v) is 1.32. The number of halogens is 1. The van der Waals surface area contributed by atoms with Crippen molar-refractivity contribution in [3.05, 3.63) is 23.9 Å². The lowest BCUT2D eigenvalue weighted by Crippen LogP contribution is -2.26. The number of amides is 1. The zero-order valence-corrected chi connectivity index (χ0v) is 10.1. The number of carbonyl (C=O) groups excluding carboxylic acids is 1. The Labute approximate surface area is 100.0 Å². The minimum Gasteiger partial charge on any atom is -0.480 e. The number of rotatable bonds is 5. The number of carbonyl (C=O) groups is 1. The van der Waals surface area contributed by atoms with Crippen molar-refractivity contribution in [2.75, 3.05) is 13.7 Å². The van der Waals surface area contributed by atoms with Crippen molar-refractivity contribution < 1.29 is 9.53 Å². The first-order valence-electron chi connectivity index (χ1n) is 5.06. The molecule has 1 rings (SSSR count). The second-order valence-corrected chi connectivity index (χ2v) is 4.13. The van der Waals surface area contributed by atoms with E-state index in [2.05, 4.69) is 10.3 Å². The molecule has 1 heterocycles. The normalized spacial score (nSPS) is 11.9. The number of hydrogen-bond donors (Lipinski definition) is 1. The first kappa shape index (κ1) is 12.8. The number of aromatic nitrogens is 1. The standard InChI is InChI=1S/C11H15ClN2O2/c1-8(12)5-7-13-10(15)9-4-3-6-14-11(9)16-2/h3-4,6,8H,5,7H2,1-2H3,(H,13,15). The maximum absolute atomic E-state index is 11.7. The lowest BCUT2D eigenvalue weighted by Gasteiger charge is -2.08. The third-order valence-corrected chi connectivity index (χ3v) is 2.26. The molecule has 1 unspecified atom stereocenters. The van der Waals surface area contributed by atoms with Crippen molar-refractivity contribution in [1.82, 2.24) is 10.3 Å². The summed E-state index contributed by atoms with van der Waals surface area (Å²) in [5, 5.41) is 2.81. The van der Waals surface area contributed by atoms with E-state index in [-0.39, 0.29) is 11.3 Å². The van der Waals surface area contributed by atoms with Crippen LogP contribution >= 0.6 is 11.6 Å². The number of methoxy groups -OCH3 is 1. The van der Waals surface area contributed by atoms with E-state index in [0.29, 0.717) is 18.0 Å². The number of nitrogens with one attached hydrogen (secondary N) is 1. The molecule has 4 nitrogen and oxygen atoms in total. The predicted octanol–water partition coefficient (Wildman–Crippen LogP) is 1.84. The molecule has 1 aromatic heterocycles. The molecule has 0 bridgehead atoms. The second kappa shape index (κ2) is 6.33. The van der Waals surface area contributed by atoms with Crippen LogP contribution in [0, 0.1) is 0 Å². The molecular weight excluding hydrogens is 228 g/mol. The SMILES string of the molecule is COc1ncccc1C(=O)NCCC(C)Cl. The van der Waals surface area contributed by atoms with Crippen molar-refractivity contribution >= 4 is 17.5 Å². The lowest BCUT2D eigenvalue weighted by molar-refractivity contribution is 0.0949. The van der Waals surface area contributed by atoms with E-state index in [9.17, 15) is 4.79 Å². The average molecular weight is 243 g/mol. The first-order valence-corrected chi connectivity index (χ1v) is 5.50. The van der Waals surface area contributed by atoms with Gasteiger partial charge in [0.2, 0.25) is 5.88 Å². The summed E-state index contributed by atoms with van der Waals surface area (Å²) in [5.41, 5.74) is 0.437. The molecule has 1 N–H and O–H groups in total. The third-order valence-electron chi connectivity index (χ3n) is 2.04. The molecule has 88 valence electrons. The molecule has 0 aliphatic heterocycles. The van der Waals surface area contributed by atoms with E-state index >= 15 is 0 Å². The van der Waals surface area contributed by atoms with E-state index < -0.39 is 0 Å². The minimum absolute atomic E-state index is 0.0519. The quantitative estimate of drug-likeness (QED) is 0.802. The van der Waals surface area contributed by atoms with Crippen LogP contribution in [-0.4, -0.2) is 29.9 Å². The highest BCUT2D eigenvalue weighted by atomic mass is 35.5. The molecule has 0 aliphatic rings. The Morgan fingerprint density at radius 1 is 1.69 bits per heavy atom.